The molecule has 2 fully saturated rings. The van der Waals surface area contributed by atoms with Gasteiger partial charge in [-0.15, -0.1) is 0 Å². The maximum atomic E-state index is 14.2. The van der Waals surface area contributed by atoms with Crippen LogP contribution in [0.15, 0.2) is 89.8 Å². The summed E-state index contributed by atoms with van der Waals surface area (Å²) in [6, 6.07) is 29.1. The Kier molecular flexibility index (Phi) is 6.31. The molecule has 6 atom stereocenters. The molecule has 5 rings (SSSR count). The molecule has 4 unspecified atom stereocenters. The van der Waals surface area contributed by atoms with E-state index in [1.54, 1.807) is 0 Å². The minimum atomic E-state index is -1.20. The average molecular weight is 458 g/mol. The van der Waals surface area contributed by atoms with Crippen LogP contribution in [0.5, 0.6) is 0 Å². The molecule has 3 nitrogen and oxygen atoms in total. The minimum absolute atomic E-state index is 0.0267. The van der Waals surface area contributed by atoms with Gasteiger partial charge < -0.3 is 0 Å². The molecular weight excluding hydrogens is 426 g/mol. The quantitative estimate of drug-likeness (QED) is 0.516. The molecule has 1 saturated carbocycles. The molecule has 4 heteroatoms. The molecule has 0 amide bonds. The van der Waals surface area contributed by atoms with Gasteiger partial charge in [0.05, 0.1) is 16.0 Å². The number of fused-ring (bicyclic) bond motifs is 1. The number of hydrogen-bond donors (Lipinski definition) is 0. The molecule has 3 aromatic carbocycles. The Morgan fingerprint density at radius 2 is 1.52 bits per heavy atom. The van der Waals surface area contributed by atoms with Gasteiger partial charge in [0.25, 0.3) is 0 Å². The van der Waals surface area contributed by atoms with E-state index in [1.807, 2.05) is 55.5 Å². The van der Waals surface area contributed by atoms with Gasteiger partial charge in [-0.25, -0.2) is 0 Å². The van der Waals surface area contributed by atoms with Crippen molar-refractivity contribution < 1.29 is 9.00 Å². The van der Waals surface area contributed by atoms with Crippen LogP contribution in [-0.4, -0.2) is 33.7 Å². The Morgan fingerprint density at radius 3 is 2.18 bits per heavy atom. The Bertz CT molecular complexity index is 1150. The molecule has 33 heavy (non-hydrogen) atoms. The lowest BCUT2D eigenvalue weighted by Crippen LogP contribution is -2.53. The molecule has 170 valence electrons. The fraction of sp³-hybridized carbons (Fsp3) is 0.345. The van der Waals surface area contributed by atoms with Crippen LogP contribution in [0.25, 0.3) is 0 Å². The van der Waals surface area contributed by atoms with E-state index in [1.165, 1.54) is 5.56 Å². The highest BCUT2D eigenvalue weighted by molar-refractivity contribution is 7.85. The van der Waals surface area contributed by atoms with Crippen LogP contribution in [0.2, 0.25) is 0 Å². The molecule has 1 aliphatic heterocycles. The Labute approximate surface area is 199 Å². The first-order chi connectivity index (χ1) is 16.0. The van der Waals surface area contributed by atoms with Crippen LogP contribution >= 0.6 is 0 Å². The summed E-state index contributed by atoms with van der Waals surface area (Å²) < 4.78 is 14.2. The van der Waals surface area contributed by atoms with Gasteiger partial charge in [0, 0.05) is 35.7 Å². The Morgan fingerprint density at radius 1 is 0.848 bits per heavy atom. The predicted octanol–water partition coefficient (Wildman–Crippen LogP) is 5.54. The predicted molar refractivity (Wildman–Crippen MR) is 134 cm³/mol. The number of nitrogens with zero attached hydrogens (tertiary/aromatic N) is 1. The van der Waals surface area contributed by atoms with Crippen LogP contribution in [-0.2, 0) is 15.6 Å². The van der Waals surface area contributed by atoms with Crippen LogP contribution in [0, 0.1) is 18.8 Å². The summed E-state index contributed by atoms with van der Waals surface area (Å²) in [5, 5.41) is -0.0863. The molecule has 1 saturated heterocycles. The third-order valence-electron chi connectivity index (χ3n) is 7.56. The number of hydrogen-bond acceptors (Lipinski definition) is 3. The zero-order valence-corrected chi connectivity index (χ0v) is 20.1. The second-order valence-corrected chi connectivity index (χ2v) is 11.2. The molecule has 2 aliphatic rings. The smallest absolute Gasteiger partial charge is 0.138 e. The normalized spacial score (nSPS) is 28.8. The van der Waals surface area contributed by atoms with Crippen molar-refractivity contribution in [2.45, 2.75) is 41.9 Å². The van der Waals surface area contributed by atoms with Crippen molar-refractivity contribution in [1.82, 2.24) is 4.90 Å². The fourth-order valence-electron chi connectivity index (χ4n) is 5.94. The first-order valence-electron chi connectivity index (χ1n) is 11.8. The van der Waals surface area contributed by atoms with E-state index in [0.717, 1.165) is 29.0 Å². The summed E-state index contributed by atoms with van der Waals surface area (Å²) in [5.74, 6) is 0.318. The lowest BCUT2D eigenvalue weighted by molar-refractivity contribution is -0.130. The molecule has 0 bridgehead atoms. The lowest BCUT2D eigenvalue weighted by atomic mass is 9.66. The summed E-state index contributed by atoms with van der Waals surface area (Å²) in [5.41, 5.74) is 3.52. The van der Waals surface area contributed by atoms with E-state index >= 15 is 0 Å². The zero-order chi connectivity index (χ0) is 22.9. The van der Waals surface area contributed by atoms with E-state index in [4.69, 9.17) is 0 Å². The minimum Gasteiger partial charge on any atom is -0.299 e. The van der Waals surface area contributed by atoms with Crippen molar-refractivity contribution >= 4 is 16.6 Å². The number of Topliss-reactive ketones (excluding diaryl/α,β-unsaturated/α-hetero) is 1. The second-order valence-electron chi connectivity index (χ2n) is 9.64. The van der Waals surface area contributed by atoms with Crippen LogP contribution < -0.4 is 0 Å². The van der Waals surface area contributed by atoms with E-state index < -0.39 is 10.8 Å². The largest absolute Gasteiger partial charge is 0.299 e. The van der Waals surface area contributed by atoms with Crippen LogP contribution in [0.1, 0.15) is 41.5 Å². The van der Waals surface area contributed by atoms with Crippen LogP contribution in [0.4, 0.5) is 0 Å². The highest BCUT2D eigenvalue weighted by Crippen LogP contribution is 2.49. The number of ketones is 1. The van der Waals surface area contributed by atoms with Gasteiger partial charge in [-0.05, 0) is 55.1 Å². The molecular formula is C29H31NO2S. The molecule has 1 aliphatic carbocycles. The maximum Gasteiger partial charge on any atom is 0.138 e. The monoisotopic (exact) mass is 457 g/mol. The summed E-state index contributed by atoms with van der Waals surface area (Å²) in [6.45, 7) is 2.77. The number of rotatable bonds is 4. The third kappa shape index (κ3) is 4.34. The van der Waals surface area contributed by atoms with Gasteiger partial charge in [-0.1, -0.05) is 72.8 Å². The van der Waals surface area contributed by atoms with Crippen molar-refractivity contribution in [3.05, 3.63) is 102 Å². The van der Waals surface area contributed by atoms with E-state index in [-0.39, 0.29) is 29.0 Å². The number of carbonyl (C=O) groups is 1. The van der Waals surface area contributed by atoms with Crippen molar-refractivity contribution in [3.8, 4) is 0 Å². The van der Waals surface area contributed by atoms with Gasteiger partial charge in [0.2, 0.25) is 0 Å². The Hall–Kier alpha value is -2.56. The molecule has 0 aromatic heterocycles. The molecule has 0 radical (unpaired) electrons. The number of likely N-dealkylation sites (tertiary alicyclic amines) is 1. The average Bonchev–Trinajstić information content (AvgIpc) is 2.84. The molecule has 1 heterocycles. The number of carbonyl (C=O) groups excluding carboxylic acids is 1. The Balaban J connectivity index is 1.58. The standard InChI is InChI=1S/C29H31NO2S/c1-20-10-9-15-23(16-20)33(32)29-24(21-11-5-3-6-12-21)18-28(31)26-19-30(2)27(17-25(26)29)22-13-7-4-8-14-22/h3-16,24-27,29H,17-19H2,1-2H3/t24?,25-,26+,27?,29?,33?/m0/s1. The van der Waals surface area contributed by atoms with Gasteiger partial charge in [0.15, 0.2) is 0 Å². The van der Waals surface area contributed by atoms with Gasteiger partial charge in [-0.3, -0.25) is 13.9 Å². The number of aryl methyl sites for hydroxylation is 1. The van der Waals surface area contributed by atoms with Crippen LogP contribution in [0.3, 0.4) is 0 Å². The number of piperidine rings is 1. The van der Waals surface area contributed by atoms with Crippen molar-refractivity contribution in [2.24, 2.45) is 11.8 Å². The summed E-state index contributed by atoms with van der Waals surface area (Å²) in [6.07, 6.45) is 1.32. The maximum absolute atomic E-state index is 14.2. The SMILES string of the molecule is Cc1cccc(S(=O)C2C(c3ccccc3)CC(=O)[C@@H]3CN(C)C(c4ccccc4)C[C@H]23)c1. The van der Waals surface area contributed by atoms with Crippen molar-refractivity contribution in [3.63, 3.8) is 0 Å². The third-order valence-corrected chi connectivity index (χ3v) is 9.45. The first kappa shape index (κ1) is 22.2. The molecule has 3 aromatic rings. The van der Waals surface area contributed by atoms with Gasteiger partial charge in [-0.2, -0.15) is 0 Å². The summed E-state index contributed by atoms with van der Waals surface area (Å²) in [7, 11) is 0.925. The molecule has 0 N–H and O–H groups in total. The lowest BCUT2D eigenvalue weighted by Gasteiger charge is -2.49. The van der Waals surface area contributed by atoms with E-state index in [9.17, 15) is 9.00 Å². The van der Waals surface area contributed by atoms with Crippen molar-refractivity contribution in [1.29, 1.82) is 0 Å². The fourth-order valence-corrected chi connectivity index (χ4v) is 7.94. The molecule has 0 spiro atoms. The highest BCUT2D eigenvalue weighted by atomic mass is 32.2. The zero-order valence-electron chi connectivity index (χ0n) is 19.3. The topological polar surface area (TPSA) is 37.4 Å². The second kappa shape index (κ2) is 9.36. The van der Waals surface area contributed by atoms with Gasteiger partial charge in [0.1, 0.15) is 5.78 Å². The van der Waals surface area contributed by atoms with Gasteiger partial charge >= 0.3 is 0 Å². The summed E-state index contributed by atoms with van der Waals surface area (Å²) >= 11 is 0. The summed E-state index contributed by atoms with van der Waals surface area (Å²) in [4.78, 5) is 16.6. The van der Waals surface area contributed by atoms with E-state index in [2.05, 4.69) is 48.3 Å². The number of benzene rings is 3. The first-order valence-corrected chi connectivity index (χ1v) is 13.0. The highest BCUT2D eigenvalue weighted by Gasteiger charge is 2.51. The van der Waals surface area contributed by atoms with Crippen molar-refractivity contribution in [2.75, 3.05) is 13.6 Å². The van der Waals surface area contributed by atoms with E-state index in [0.29, 0.717) is 12.2 Å².